The number of ether oxygens (including phenoxy) is 1. The summed E-state index contributed by atoms with van der Waals surface area (Å²) in [4.78, 5) is 18.2. The number of nitrogens with zero attached hydrogens (tertiary/aromatic N) is 7. The van der Waals surface area contributed by atoms with Crippen LogP contribution in [-0.2, 0) is 19.4 Å². The van der Waals surface area contributed by atoms with Gasteiger partial charge in [-0.15, -0.1) is 11.3 Å². The zero-order valence-electron chi connectivity index (χ0n) is 17.8. The smallest absolute Gasteiger partial charge is 0.258 e. The van der Waals surface area contributed by atoms with Gasteiger partial charge in [0.2, 0.25) is 5.82 Å². The lowest BCUT2D eigenvalue weighted by Crippen LogP contribution is -2.05. The summed E-state index contributed by atoms with van der Waals surface area (Å²) in [6.45, 7) is 4.86. The van der Waals surface area contributed by atoms with E-state index in [1.807, 2.05) is 23.2 Å². The predicted molar refractivity (Wildman–Crippen MR) is 119 cm³/mol. The van der Waals surface area contributed by atoms with Gasteiger partial charge in [-0.3, -0.25) is 4.57 Å². The second kappa shape index (κ2) is 8.10. The van der Waals surface area contributed by atoms with Gasteiger partial charge in [-0.05, 0) is 39.5 Å². The Morgan fingerprint density at radius 1 is 1.16 bits per heavy atom. The van der Waals surface area contributed by atoms with Crippen molar-refractivity contribution in [2.75, 3.05) is 12.4 Å². The minimum absolute atomic E-state index is 0.426. The number of nitrogens with one attached hydrogen (secondary N) is 1. The van der Waals surface area contributed by atoms with Crippen molar-refractivity contribution in [3.63, 3.8) is 0 Å². The van der Waals surface area contributed by atoms with Gasteiger partial charge in [-0.1, -0.05) is 0 Å². The highest BCUT2D eigenvalue weighted by molar-refractivity contribution is 7.14. The Hall–Kier alpha value is -3.27. The Morgan fingerprint density at radius 3 is 2.81 bits per heavy atom. The highest BCUT2D eigenvalue weighted by Crippen LogP contribution is 2.33. The zero-order chi connectivity index (χ0) is 21.4. The normalized spacial score (nSPS) is 13.3. The van der Waals surface area contributed by atoms with Crippen LogP contribution in [0.4, 0.5) is 10.9 Å². The molecule has 4 heterocycles. The van der Waals surface area contributed by atoms with E-state index in [0.717, 1.165) is 41.7 Å². The first-order valence-electron chi connectivity index (χ1n) is 10.4. The highest BCUT2D eigenvalue weighted by atomic mass is 32.1. The van der Waals surface area contributed by atoms with Crippen LogP contribution in [0.1, 0.15) is 36.7 Å². The molecule has 4 aromatic rings. The first-order valence-corrected chi connectivity index (χ1v) is 11.3. The molecule has 0 bridgehead atoms. The molecule has 0 aliphatic heterocycles. The Kier molecular flexibility index (Phi) is 5.14. The number of rotatable bonds is 6. The minimum atomic E-state index is 0.426. The first kappa shape index (κ1) is 19.7. The highest BCUT2D eigenvalue weighted by Gasteiger charge is 2.21. The SMILES string of the molecule is CCn1nc2c(c1Nc1nc(-c3cnc(-n4cnc(C)c4)c(OC)n3)cs1)CCCC2. The Balaban J connectivity index is 1.43. The van der Waals surface area contributed by atoms with Crippen LogP contribution in [0.2, 0.25) is 0 Å². The van der Waals surface area contributed by atoms with Crippen LogP contribution in [-0.4, -0.2) is 41.4 Å². The van der Waals surface area contributed by atoms with Gasteiger partial charge in [0.25, 0.3) is 5.88 Å². The molecule has 0 atom stereocenters. The van der Waals surface area contributed by atoms with E-state index in [4.69, 9.17) is 14.8 Å². The van der Waals surface area contributed by atoms with E-state index in [0.29, 0.717) is 17.4 Å². The molecule has 10 heteroatoms. The number of thiazole rings is 1. The van der Waals surface area contributed by atoms with Crippen molar-refractivity contribution in [2.24, 2.45) is 0 Å². The van der Waals surface area contributed by atoms with E-state index in [1.54, 1.807) is 35.5 Å². The molecule has 0 saturated heterocycles. The molecule has 1 aliphatic carbocycles. The Bertz CT molecular complexity index is 1220. The summed E-state index contributed by atoms with van der Waals surface area (Å²) in [5, 5.41) is 11.1. The minimum Gasteiger partial charge on any atom is -0.478 e. The number of anilines is 2. The quantitative estimate of drug-likeness (QED) is 0.489. The third kappa shape index (κ3) is 3.67. The van der Waals surface area contributed by atoms with Crippen molar-refractivity contribution >= 4 is 22.3 Å². The number of aromatic nitrogens is 7. The topological polar surface area (TPSA) is 95.6 Å². The maximum absolute atomic E-state index is 5.48. The van der Waals surface area contributed by atoms with Crippen LogP contribution in [0.25, 0.3) is 17.2 Å². The van der Waals surface area contributed by atoms with Crippen molar-refractivity contribution in [1.82, 2.24) is 34.3 Å². The van der Waals surface area contributed by atoms with Crippen molar-refractivity contribution < 1.29 is 4.74 Å². The van der Waals surface area contributed by atoms with Crippen LogP contribution < -0.4 is 10.1 Å². The summed E-state index contributed by atoms with van der Waals surface area (Å²) >= 11 is 1.54. The molecular formula is C21H24N8OS. The van der Waals surface area contributed by atoms with Crippen LogP contribution >= 0.6 is 11.3 Å². The number of imidazole rings is 1. The standard InChI is InChI=1S/C21H24N8OS/c1-4-29-18(14-7-5-6-8-15(14)27-29)26-21-25-17(11-31-21)16-9-22-19(20(24-16)30-3)28-10-13(2)23-12-28/h9-12H,4-8H2,1-3H3,(H,25,26). The second-order valence-corrected chi connectivity index (χ2v) is 8.33. The lowest BCUT2D eigenvalue weighted by atomic mass is 9.97. The lowest BCUT2D eigenvalue weighted by molar-refractivity contribution is 0.394. The number of hydrogen-bond donors (Lipinski definition) is 1. The Morgan fingerprint density at radius 2 is 2.03 bits per heavy atom. The molecule has 0 fully saturated rings. The number of hydrogen-bond acceptors (Lipinski definition) is 8. The monoisotopic (exact) mass is 436 g/mol. The average molecular weight is 437 g/mol. The summed E-state index contributed by atoms with van der Waals surface area (Å²) < 4.78 is 9.32. The summed E-state index contributed by atoms with van der Waals surface area (Å²) in [5.74, 6) is 2.09. The second-order valence-electron chi connectivity index (χ2n) is 7.47. The fourth-order valence-corrected chi connectivity index (χ4v) is 4.57. The molecule has 0 spiro atoms. The van der Waals surface area contributed by atoms with Crippen LogP contribution in [0.3, 0.4) is 0 Å². The maximum atomic E-state index is 5.48. The van der Waals surface area contributed by atoms with Crippen molar-refractivity contribution in [1.29, 1.82) is 0 Å². The van der Waals surface area contributed by atoms with E-state index in [1.165, 1.54) is 24.1 Å². The molecule has 31 heavy (non-hydrogen) atoms. The summed E-state index contributed by atoms with van der Waals surface area (Å²) in [7, 11) is 1.59. The molecule has 5 rings (SSSR count). The van der Waals surface area contributed by atoms with E-state index in [9.17, 15) is 0 Å². The molecule has 0 saturated carbocycles. The van der Waals surface area contributed by atoms with E-state index < -0.39 is 0 Å². The molecule has 9 nitrogen and oxygen atoms in total. The van der Waals surface area contributed by atoms with Crippen molar-refractivity contribution in [3.05, 3.63) is 41.1 Å². The summed E-state index contributed by atoms with van der Waals surface area (Å²) in [5.41, 5.74) is 4.85. The van der Waals surface area contributed by atoms with E-state index in [-0.39, 0.29) is 0 Å². The number of methoxy groups -OCH3 is 1. The average Bonchev–Trinajstić information content (AvgIpc) is 3.52. The van der Waals surface area contributed by atoms with Gasteiger partial charge in [0.15, 0.2) is 5.13 Å². The van der Waals surface area contributed by atoms with Crippen LogP contribution in [0, 0.1) is 6.92 Å². The van der Waals surface area contributed by atoms with Gasteiger partial charge in [0.1, 0.15) is 23.5 Å². The van der Waals surface area contributed by atoms with Gasteiger partial charge >= 0.3 is 0 Å². The fraction of sp³-hybridized carbons (Fsp3) is 0.381. The molecule has 0 amide bonds. The van der Waals surface area contributed by atoms with E-state index >= 15 is 0 Å². The summed E-state index contributed by atoms with van der Waals surface area (Å²) in [6, 6.07) is 0. The molecule has 0 radical (unpaired) electrons. The van der Waals surface area contributed by atoms with Gasteiger partial charge in [0.05, 0.1) is 24.7 Å². The van der Waals surface area contributed by atoms with E-state index in [2.05, 4.69) is 27.2 Å². The largest absolute Gasteiger partial charge is 0.478 e. The maximum Gasteiger partial charge on any atom is 0.258 e. The Labute approximate surface area is 184 Å². The number of fused-ring (bicyclic) bond motifs is 1. The first-order chi connectivity index (χ1) is 15.2. The third-order valence-electron chi connectivity index (χ3n) is 5.39. The number of aryl methyl sites for hydroxylation is 3. The van der Waals surface area contributed by atoms with Crippen molar-refractivity contribution in [2.45, 2.75) is 46.1 Å². The molecule has 1 aliphatic rings. The van der Waals surface area contributed by atoms with Crippen molar-refractivity contribution in [3.8, 4) is 23.1 Å². The van der Waals surface area contributed by atoms with Gasteiger partial charge < -0.3 is 10.1 Å². The molecule has 0 aromatic carbocycles. The third-order valence-corrected chi connectivity index (χ3v) is 6.15. The lowest BCUT2D eigenvalue weighted by Gasteiger charge is -2.12. The van der Waals surface area contributed by atoms with Gasteiger partial charge in [-0.2, -0.15) is 5.10 Å². The van der Waals surface area contributed by atoms with Crippen LogP contribution in [0.15, 0.2) is 24.1 Å². The fourth-order valence-electron chi connectivity index (χ4n) is 3.87. The molecule has 1 N–H and O–H groups in total. The van der Waals surface area contributed by atoms with Crippen LogP contribution in [0.5, 0.6) is 5.88 Å². The molecular weight excluding hydrogens is 412 g/mol. The predicted octanol–water partition coefficient (Wildman–Crippen LogP) is 3.94. The molecule has 4 aromatic heterocycles. The molecule has 160 valence electrons. The van der Waals surface area contributed by atoms with Gasteiger partial charge in [0, 0.05) is 23.7 Å². The molecule has 0 unspecified atom stereocenters. The van der Waals surface area contributed by atoms with Gasteiger partial charge in [-0.25, -0.2) is 24.6 Å². The summed E-state index contributed by atoms with van der Waals surface area (Å²) in [6.07, 6.45) is 9.83. The zero-order valence-corrected chi connectivity index (χ0v) is 18.6.